The van der Waals surface area contributed by atoms with E-state index in [4.69, 9.17) is 9.47 Å². The van der Waals surface area contributed by atoms with Gasteiger partial charge in [-0.1, -0.05) is 135 Å². The average Bonchev–Trinajstić information content (AvgIpc) is 2.99. The highest BCUT2D eigenvalue weighted by atomic mass is 16.7. The Kier molecular flexibility index (Phi) is 11.4. The lowest BCUT2D eigenvalue weighted by molar-refractivity contribution is -0.0101. The van der Waals surface area contributed by atoms with Gasteiger partial charge in [0.1, 0.15) is 12.2 Å². The fraction of sp³-hybridized carbons (Fsp3) is 0.324. The number of hydrogen-bond donors (Lipinski definition) is 0. The Hall–Kier alpha value is -3.85. The van der Waals surface area contributed by atoms with Crippen molar-refractivity contribution in [2.24, 2.45) is 11.8 Å². The smallest absolute Gasteiger partial charge is 0.426 e. The van der Waals surface area contributed by atoms with Crippen molar-refractivity contribution in [1.29, 1.82) is 0 Å². The van der Waals surface area contributed by atoms with Gasteiger partial charge in [0.2, 0.25) is 0 Å². The van der Waals surface area contributed by atoms with E-state index in [0.717, 1.165) is 49.7 Å². The summed E-state index contributed by atoms with van der Waals surface area (Å²) in [5, 5.41) is 0. The summed E-state index contributed by atoms with van der Waals surface area (Å²) in [6, 6.07) is 41.2. The molecule has 40 heavy (non-hydrogen) atoms. The van der Waals surface area contributed by atoms with Crippen LogP contribution in [-0.2, 0) is 22.3 Å². The molecule has 0 N–H and O–H groups in total. The third-order valence-corrected chi connectivity index (χ3v) is 7.52. The van der Waals surface area contributed by atoms with Crippen molar-refractivity contribution in [3.63, 3.8) is 0 Å². The van der Waals surface area contributed by atoms with E-state index in [1.807, 2.05) is 72.8 Å². The Bertz CT molecular complexity index is 1140. The molecule has 3 nitrogen and oxygen atoms in total. The Balaban J connectivity index is 1.38. The molecule has 0 aromatic heterocycles. The van der Waals surface area contributed by atoms with Gasteiger partial charge in [-0.05, 0) is 72.6 Å². The molecule has 0 bridgehead atoms. The van der Waals surface area contributed by atoms with Crippen LogP contribution in [0.25, 0.3) is 0 Å². The first-order valence-electron chi connectivity index (χ1n) is 14.6. The summed E-state index contributed by atoms with van der Waals surface area (Å²) in [6.07, 6.45) is 4.10. The van der Waals surface area contributed by atoms with E-state index in [1.165, 1.54) is 11.1 Å². The molecule has 4 atom stereocenters. The van der Waals surface area contributed by atoms with Crippen LogP contribution in [0.4, 0.5) is 4.79 Å². The molecule has 0 saturated carbocycles. The molecular formula is C37H42O3. The van der Waals surface area contributed by atoms with Crippen LogP contribution in [-0.4, -0.2) is 6.16 Å². The lowest BCUT2D eigenvalue weighted by Gasteiger charge is -2.24. The summed E-state index contributed by atoms with van der Waals surface area (Å²) in [5.74, 6) is 0.938. The Labute approximate surface area is 240 Å². The minimum Gasteiger partial charge on any atom is -0.426 e. The van der Waals surface area contributed by atoms with E-state index in [9.17, 15) is 4.79 Å². The van der Waals surface area contributed by atoms with Crippen molar-refractivity contribution in [2.45, 2.75) is 64.6 Å². The van der Waals surface area contributed by atoms with Crippen LogP contribution in [0.5, 0.6) is 0 Å². The molecule has 3 heteroatoms. The van der Waals surface area contributed by atoms with E-state index in [2.05, 4.69) is 62.4 Å². The second kappa shape index (κ2) is 15.7. The first-order chi connectivity index (χ1) is 19.6. The molecule has 4 unspecified atom stereocenters. The Morgan fingerprint density at radius 2 is 0.825 bits per heavy atom. The summed E-state index contributed by atoms with van der Waals surface area (Å²) in [7, 11) is 0. The maximum absolute atomic E-state index is 13.2. The summed E-state index contributed by atoms with van der Waals surface area (Å²) in [5.41, 5.74) is 4.66. The van der Waals surface area contributed by atoms with E-state index in [1.54, 1.807) is 0 Å². The maximum Gasteiger partial charge on any atom is 0.509 e. The number of hydrogen-bond acceptors (Lipinski definition) is 3. The van der Waals surface area contributed by atoms with Crippen LogP contribution in [0.3, 0.4) is 0 Å². The van der Waals surface area contributed by atoms with Gasteiger partial charge in [-0.3, -0.25) is 0 Å². The predicted octanol–water partition coefficient (Wildman–Crippen LogP) is 9.94. The molecule has 0 aliphatic carbocycles. The Morgan fingerprint density at radius 1 is 0.500 bits per heavy atom. The van der Waals surface area contributed by atoms with Crippen LogP contribution < -0.4 is 0 Å². The van der Waals surface area contributed by atoms with Gasteiger partial charge in [0.05, 0.1) is 0 Å². The molecule has 0 spiro atoms. The summed E-state index contributed by atoms with van der Waals surface area (Å²) < 4.78 is 12.1. The SMILES string of the molecule is CC(CCC(OC(=O)OC(CCC(C)Cc1ccccc1)c1ccccc1)c1ccccc1)Cc1ccccc1. The number of benzene rings is 4. The third kappa shape index (κ3) is 9.72. The molecule has 4 aromatic rings. The molecule has 0 fully saturated rings. The normalized spacial score (nSPS) is 14.1. The van der Waals surface area contributed by atoms with Crippen LogP contribution in [0.15, 0.2) is 121 Å². The zero-order valence-electron chi connectivity index (χ0n) is 23.8. The van der Waals surface area contributed by atoms with Crippen molar-refractivity contribution in [3.8, 4) is 0 Å². The quantitative estimate of drug-likeness (QED) is 0.151. The third-order valence-electron chi connectivity index (χ3n) is 7.52. The minimum atomic E-state index is -0.603. The molecule has 0 amide bonds. The molecule has 4 rings (SSSR count). The van der Waals surface area contributed by atoms with E-state index >= 15 is 0 Å². The molecule has 0 aliphatic rings. The van der Waals surface area contributed by atoms with Crippen LogP contribution in [0.1, 0.15) is 74.0 Å². The second-order valence-electron chi connectivity index (χ2n) is 11.0. The van der Waals surface area contributed by atoms with Crippen LogP contribution in [0, 0.1) is 11.8 Å². The molecule has 0 heterocycles. The molecule has 4 aromatic carbocycles. The summed E-state index contributed by atoms with van der Waals surface area (Å²) in [6.45, 7) is 4.52. The molecule has 208 valence electrons. The zero-order chi connectivity index (χ0) is 28.0. The maximum atomic E-state index is 13.2. The number of ether oxygens (including phenoxy) is 2. The first kappa shape index (κ1) is 29.1. The molecule has 0 radical (unpaired) electrons. The van der Waals surface area contributed by atoms with Gasteiger partial charge in [-0.2, -0.15) is 0 Å². The highest BCUT2D eigenvalue weighted by molar-refractivity contribution is 5.61. The van der Waals surface area contributed by atoms with Gasteiger partial charge in [0.25, 0.3) is 0 Å². The van der Waals surface area contributed by atoms with E-state index < -0.39 is 6.16 Å². The van der Waals surface area contributed by atoms with Gasteiger partial charge < -0.3 is 9.47 Å². The van der Waals surface area contributed by atoms with Gasteiger partial charge in [0.15, 0.2) is 0 Å². The lowest BCUT2D eigenvalue weighted by Crippen LogP contribution is -2.18. The first-order valence-corrected chi connectivity index (χ1v) is 14.6. The predicted molar refractivity (Wildman–Crippen MR) is 163 cm³/mol. The minimum absolute atomic E-state index is 0.347. The van der Waals surface area contributed by atoms with Gasteiger partial charge in [-0.25, -0.2) is 4.79 Å². The Morgan fingerprint density at radius 3 is 1.18 bits per heavy atom. The van der Waals surface area contributed by atoms with Gasteiger partial charge in [0, 0.05) is 0 Å². The summed E-state index contributed by atoms with van der Waals surface area (Å²) in [4.78, 5) is 13.2. The fourth-order valence-electron chi connectivity index (χ4n) is 5.29. The molecule has 0 aliphatic heterocycles. The molecular weight excluding hydrogens is 492 g/mol. The van der Waals surface area contributed by atoms with E-state index in [-0.39, 0.29) is 12.2 Å². The number of carbonyl (C=O) groups excluding carboxylic acids is 1. The van der Waals surface area contributed by atoms with Crippen LogP contribution in [0.2, 0.25) is 0 Å². The van der Waals surface area contributed by atoms with Gasteiger partial charge >= 0.3 is 6.16 Å². The van der Waals surface area contributed by atoms with Crippen LogP contribution >= 0.6 is 0 Å². The largest absolute Gasteiger partial charge is 0.509 e. The summed E-state index contributed by atoms with van der Waals surface area (Å²) >= 11 is 0. The van der Waals surface area contributed by atoms with Crippen molar-refractivity contribution in [1.82, 2.24) is 0 Å². The highest BCUT2D eigenvalue weighted by Crippen LogP contribution is 2.30. The van der Waals surface area contributed by atoms with Crippen molar-refractivity contribution < 1.29 is 14.3 Å². The topological polar surface area (TPSA) is 35.5 Å². The van der Waals surface area contributed by atoms with E-state index in [0.29, 0.717) is 11.8 Å². The van der Waals surface area contributed by atoms with Crippen molar-refractivity contribution in [2.75, 3.05) is 0 Å². The standard InChI is InChI=1S/C37H42O3/c1-29(27-31-15-7-3-8-16-31)23-25-35(33-19-11-5-12-20-33)39-37(38)40-36(34-21-13-6-14-22-34)26-24-30(2)28-32-17-9-4-10-18-32/h3-22,29-30,35-36H,23-28H2,1-2H3. The van der Waals surface area contributed by atoms with Gasteiger partial charge in [-0.15, -0.1) is 0 Å². The average molecular weight is 535 g/mol. The fourth-order valence-corrected chi connectivity index (χ4v) is 5.29. The zero-order valence-corrected chi connectivity index (χ0v) is 23.8. The van der Waals surface area contributed by atoms with Crippen molar-refractivity contribution in [3.05, 3.63) is 144 Å². The second-order valence-corrected chi connectivity index (χ2v) is 11.0. The monoisotopic (exact) mass is 534 g/mol. The number of carbonyl (C=O) groups is 1. The lowest BCUT2D eigenvalue weighted by atomic mass is 9.93. The molecule has 0 saturated heterocycles. The highest BCUT2D eigenvalue weighted by Gasteiger charge is 2.23. The number of rotatable bonds is 14. The van der Waals surface area contributed by atoms with Crippen molar-refractivity contribution >= 4 is 6.16 Å².